The first-order chi connectivity index (χ1) is 13.0. The summed E-state index contributed by atoms with van der Waals surface area (Å²) in [5, 5.41) is 3.12. The molecule has 3 nitrogen and oxygen atoms in total. The smallest absolute Gasteiger partial charge is 0.224 e. The van der Waals surface area contributed by atoms with Crippen LogP contribution in [0, 0.1) is 17.3 Å². The van der Waals surface area contributed by atoms with Crippen molar-refractivity contribution in [1.82, 2.24) is 0 Å². The lowest BCUT2D eigenvalue weighted by molar-refractivity contribution is -0.126. The number of nitrogens with one attached hydrogen (secondary N) is 1. The van der Waals surface area contributed by atoms with Gasteiger partial charge in [0.2, 0.25) is 5.91 Å². The minimum absolute atomic E-state index is 0.171. The van der Waals surface area contributed by atoms with Gasteiger partial charge >= 0.3 is 0 Å². The predicted molar refractivity (Wildman–Crippen MR) is 109 cm³/mol. The van der Waals surface area contributed by atoms with E-state index in [1.165, 1.54) is 37.7 Å². The third kappa shape index (κ3) is 3.03. The summed E-state index contributed by atoms with van der Waals surface area (Å²) >= 11 is 0. The number of anilines is 2. The molecule has 4 aliphatic carbocycles. The van der Waals surface area contributed by atoms with Gasteiger partial charge in [0.15, 0.2) is 0 Å². The minimum Gasteiger partial charge on any atom is -0.399 e. The van der Waals surface area contributed by atoms with Crippen LogP contribution in [0.15, 0.2) is 54.6 Å². The number of benzene rings is 2. The second-order valence-corrected chi connectivity index (χ2v) is 9.45. The van der Waals surface area contributed by atoms with Crippen molar-refractivity contribution in [2.75, 3.05) is 11.1 Å². The standard InChI is InChI=1S/C24H28N2O/c25-20-8-6-19(7-9-20)24-13-17-10-18(14-24)12-23(11-17,16-24)15-22(27)26-21-4-2-1-3-5-21/h1-9,17-18H,10-16,25H2,(H,26,27). The molecular formula is C24H28N2O. The van der Waals surface area contributed by atoms with Gasteiger partial charge in [0.1, 0.15) is 0 Å². The predicted octanol–water partition coefficient (Wildman–Crippen LogP) is 5.14. The minimum atomic E-state index is 0.171. The van der Waals surface area contributed by atoms with E-state index in [4.69, 9.17) is 5.73 Å². The number of para-hydroxylation sites is 1. The second-order valence-electron chi connectivity index (χ2n) is 9.45. The van der Waals surface area contributed by atoms with Gasteiger partial charge in [-0.15, -0.1) is 0 Å². The van der Waals surface area contributed by atoms with E-state index in [0.29, 0.717) is 6.42 Å². The van der Waals surface area contributed by atoms with Crippen molar-refractivity contribution in [2.24, 2.45) is 17.3 Å². The molecule has 0 saturated heterocycles. The number of amides is 1. The zero-order chi connectivity index (χ0) is 18.5. The van der Waals surface area contributed by atoms with E-state index in [1.807, 2.05) is 42.5 Å². The molecule has 0 aromatic heterocycles. The first-order valence-corrected chi connectivity index (χ1v) is 10.3. The van der Waals surface area contributed by atoms with Crippen molar-refractivity contribution in [1.29, 1.82) is 0 Å². The van der Waals surface area contributed by atoms with E-state index in [0.717, 1.165) is 29.6 Å². The summed E-state index contributed by atoms with van der Waals surface area (Å²) < 4.78 is 0. The topological polar surface area (TPSA) is 55.1 Å². The molecule has 2 unspecified atom stereocenters. The van der Waals surface area contributed by atoms with Crippen molar-refractivity contribution in [3.63, 3.8) is 0 Å². The van der Waals surface area contributed by atoms with Gasteiger partial charge in [-0.3, -0.25) is 4.79 Å². The Morgan fingerprint density at radius 1 is 0.963 bits per heavy atom. The molecule has 27 heavy (non-hydrogen) atoms. The molecule has 0 aliphatic heterocycles. The summed E-state index contributed by atoms with van der Waals surface area (Å²) in [6, 6.07) is 18.4. The molecule has 4 bridgehead atoms. The Balaban J connectivity index is 1.40. The Morgan fingerprint density at radius 3 is 2.30 bits per heavy atom. The summed E-state index contributed by atoms with van der Waals surface area (Å²) in [4.78, 5) is 12.9. The van der Waals surface area contributed by atoms with Gasteiger partial charge in [-0.1, -0.05) is 30.3 Å². The van der Waals surface area contributed by atoms with Gasteiger partial charge in [0.05, 0.1) is 0 Å². The van der Waals surface area contributed by atoms with Crippen molar-refractivity contribution in [3.05, 3.63) is 60.2 Å². The van der Waals surface area contributed by atoms with Gasteiger partial charge < -0.3 is 11.1 Å². The number of hydrogen-bond acceptors (Lipinski definition) is 2. The number of nitrogens with two attached hydrogens (primary N) is 1. The van der Waals surface area contributed by atoms with Crippen LogP contribution in [-0.4, -0.2) is 5.91 Å². The van der Waals surface area contributed by atoms with Crippen molar-refractivity contribution in [2.45, 2.75) is 50.4 Å². The van der Waals surface area contributed by atoms with Crippen LogP contribution in [0.4, 0.5) is 11.4 Å². The highest BCUT2D eigenvalue weighted by Gasteiger charge is 2.58. The van der Waals surface area contributed by atoms with Crippen LogP contribution in [0.2, 0.25) is 0 Å². The van der Waals surface area contributed by atoms with E-state index in [1.54, 1.807) is 0 Å². The highest BCUT2D eigenvalue weighted by atomic mass is 16.1. The lowest BCUT2D eigenvalue weighted by Gasteiger charge is -2.62. The Labute approximate surface area is 161 Å². The largest absolute Gasteiger partial charge is 0.399 e. The Bertz CT molecular complexity index is 828. The van der Waals surface area contributed by atoms with E-state index in [9.17, 15) is 4.79 Å². The normalized spacial score (nSPS) is 33.8. The number of rotatable bonds is 4. The molecule has 6 rings (SSSR count). The van der Waals surface area contributed by atoms with Crippen LogP contribution in [0.25, 0.3) is 0 Å². The summed E-state index contributed by atoms with van der Waals surface area (Å²) in [6.07, 6.45) is 8.19. The summed E-state index contributed by atoms with van der Waals surface area (Å²) in [5.41, 5.74) is 9.54. The molecule has 3 heteroatoms. The summed E-state index contributed by atoms with van der Waals surface area (Å²) in [6.45, 7) is 0. The molecule has 2 aromatic rings. The summed E-state index contributed by atoms with van der Waals surface area (Å²) in [7, 11) is 0. The summed E-state index contributed by atoms with van der Waals surface area (Å²) in [5.74, 6) is 1.72. The molecule has 0 spiro atoms. The lowest BCUT2D eigenvalue weighted by atomic mass is 9.42. The fourth-order valence-corrected chi connectivity index (χ4v) is 6.90. The monoisotopic (exact) mass is 360 g/mol. The molecule has 4 aliphatic rings. The maximum Gasteiger partial charge on any atom is 0.224 e. The third-order valence-corrected chi connectivity index (χ3v) is 7.30. The zero-order valence-electron chi connectivity index (χ0n) is 15.8. The van der Waals surface area contributed by atoms with Gasteiger partial charge in [0.25, 0.3) is 0 Å². The molecule has 140 valence electrons. The van der Waals surface area contributed by atoms with Crippen LogP contribution >= 0.6 is 0 Å². The van der Waals surface area contributed by atoms with E-state index < -0.39 is 0 Å². The van der Waals surface area contributed by atoms with Crippen molar-refractivity contribution >= 4 is 17.3 Å². The van der Waals surface area contributed by atoms with Crippen LogP contribution < -0.4 is 11.1 Å². The van der Waals surface area contributed by atoms with Gasteiger partial charge in [-0.2, -0.15) is 0 Å². The van der Waals surface area contributed by atoms with E-state index >= 15 is 0 Å². The third-order valence-electron chi connectivity index (χ3n) is 7.30. The maximum absolute atomic E-state index is 12.9. The van der Waals surface area contributed by atoms with Gasteiger partial charge in [-0.25, -0.2) is 0 Å². The fourth-order valence-electron chi connectivity index (χ4n) is 6.90. The Kier molecular flexibility index (Phi) is 3.82. The van der Waals surface area contributed by atoms with E-state index in [2.05, 4.69) is 17.4 Å². The van der Waals surface area contributed by atoms with Gasteiger partial charge in [-0.05, 0) is 91.0 Å². The maximum atomic E-state index is 12.9. The Hall–Kier alpha value is -2.29. The molecule has 3 N–H and O–H groups in total. The molecule has 2 atom stereocenters. The van der Waals surface area contributed by atoms with Crippen molar-refractivity contribution < 1.29 is 4.79 Å². The molecular weight excluding hydrogens is 332 g/mol. The SMILES string of the molecule is Nc1ccc(C23CC4CC(CC(CC(=O)Nc5ccccc5)(C4)C2)C3)cc1. The highest BCUT2D eigenvalue weighted by Crippen LogP contribution is 2.66. The quantitative estimate of drug-likeness (QED) is 0.742. The Morgan fingerprint density at radius 2 is 1.63 bits per heavy atom. The van der Waals surface area contributed by atoms with Crippen LogP contribution in [0.5, 0.6) is 0 Å². The number of carbonyl (C=O) groups is 1. The highest BCUT2D eigenvalue weighted by molar-refractivity contribution is 5.91. The van der Waals surface area contributed by atoms with Crippen LogP contribution in [0.1, 0.15) is 50.5 Å². The average molecular weight is 361 g/mol. The fraction of sp³-hybridized carbons (Fsp3) is 0.458. The van der Waals surface area contributed by atoms with E-state index in [-0.39, 0.29) is 16.7 Å². The second kappa shape index (κ2) is 6.12. The number of nitrogen functional groups attached to an aromatic ring is 1. The number of hydrogen-bond donors (Lipinski definition) is 2. The molecule has 4 fully saturated rings. The van der Waals surface area contributed by atoms with Crippen LogP contribution in [-0.2, 0) is 10.2 Å². The van der Waals surface area contributed by atoms with Gasteiger partial charge in [0, 0.05) is 17.8 Å². The zero-order valence-corrected chi connectivity index (χ0v) is 15.8. The number of carbonyl (C=O) groups excluding carboxylic acids is 1. The van der Waals surface area contributed by atoms with Crippen molar-refractivity contribution in [3.8, 4) is 0 Å². The molecule has 4 saturated carbocycles. The molecule has 0 heterocycles. The first-order valence-electron chi connectivity index (χ1n) is 10.3. The lowest BCUT2D eigenvalue weighted by Crippen LogP contribution is -2.54. The molecule has 1 amide bonds. The molecule has 0 radical (unpaired) electrons. The molecule has 2 aromatic carbocycles. The van der Waals surface area contributed by atoms with Crippen LogP contribution in [0.3, 0.4) is 0 Å². The first kappa shape index (κ1) is 16.9. The average Bonchev–Trinajstić information content (AvgIpc) is 2.61.